The Morgan fingerprint density at radius 3 is 2.48 bits per heavy atom. The lowest BCUT2D eigenvalue weighted by molar-refractivity contribution is -0.145. The number of amides is 1. The lowest BCUT2D eigenvalue weighted by Gasteiger charge is -2.34. The highest BCUT2D eigenvalue weighted by molar-refractivity contribution is 5.98. The van der Waals surface area contributed by atoms with E-state index in [0.717, 1.165) is 25.3 Å². The third kappa shape index (κ3) is 3.15. The maximum absolute atomic E-state index is 13.6. The summed E-state index contributed by atoms with van der Waals surface area (Å²) >= 11 is 0. The Labute approximate surface area is 122 Å². The van der Waals surface area contributed by atoms with Crippen molar-refractivity contribution >= 4 is 11.9 Å². The molecule has 2 rings (SSSR count). The predicted octanol–water partition coefficient (Wildman–Crippen LogP) is 2.35. The number of carbonyl (C=O) groups is 2. The number of aliphatic carboxylic acids is 1. The number of halogens is 1. The molecule has 0 bridgehead atoms. The van der Waals surface area contributed by atoms with Crippen LogP contribution in [0.4, 0.5) is 4.39 Å². The fourth-order valence-corrected chi connectivity index (χ4v) is 2.64. The van der Waals surface area contributed by atoms with E-state index < -0.39 is 23.2 Å². The van der Waals surface area contributed by atoms with Crippen molar-refractivity contribution in [2.24, 2.45) is 0 Å². The van der Waals surface area contributed by atoms with Crippen molar-refractivity contribution in [3.05, 3.63) is 29.6 Å². The zero-order valence-corrected chi connectivity index (χ0v) is 11.8. The number of carboxylic acids is 1. The Bertz CT molecular complexity index is 553. The molecule has 5 nitrogen and oxygen atoms in total. The van der Waals surface area contributed by atoms with E-state index >= 15 is 0 Å². The van der Waals surface area contributed by atoms with Crippen LogP contribution in [0.1, 0.15) is 42.5 Å². The average molecular weight is 295 g/mol. The summed E-state index contributed by atoms with van der Waals surface area (Å²) in [6.07, 6.45) is 3.26. The van der Waals surface area contributed by atoms with Gasteiger partial charge in [0.2, 0.25) is 0 Å². The molecule has 6 heteroatoms. The molecule has 114 valence electrons. The number of hydrogen-bond acceptors (Lipinski definition) is 3. The molecule has 21 heavy (non-hydrogen) atoms. The van der Waals surface area contributed by atoms with Gasteiger partial charge in [-0.25, -0.2) is 9.18 Å². The van der Waals surface area contributed by atoms with E-state index in [-0.39, 0.29) is 11.3 Å². The number of ether oxygens (including phenoxy) is 1. The number of hydrogen-bond donors (Lipinski definition) is 2. The number of benzene rings is 1. The molecule has 1 amide bonds. The summed E-state index contributed by atoms with van der Waals surface area (Å²) in [6.45, 7) is 0. The van der Waals surface area contributed by atoms with Gasteiger partial charge in [0, 0.05) is 5.56 Å². The molecular weight excluding hydrogens is 277 g/mol. The maximum Gasteiger partial charge on any atom is 0.329 e. The highest BCUT2D eigenvalue weighted by atomic mass is 19.1. The highest BCUT2D eigenvalue weighted by Gasteiger charge is 2.41. The van der Waals surface area contributed by atoms with Crippen LogP contribution in [0.5, 0.6) is 5.75 Å². The summed E-state index contributed by atoms with van der Waals surface area (Å²) in [7, 11) is 1.33. The normalized spacial score (nSPS) is 17.0. The van der Waals surface area contributed by atoms with E-state index in [9.17, 15) is 19.1 Å². The lowest BCUT2D eigenvalue weighted by atomic mass is 9.81. The van der Waals surface area contributed by atoms with Gasteiger partial charge in [-0.3, -0.25) is 4.79 Å². The molecule has 0 aromatic heterocycles. The largest absolute Gasteiger partial charge is 0.494 e. The van der Waals surface area contributed by atoms with E-state index in [1.807, 2.05) is 0 Å². The van der Waals surface area contributed by atoms with Crippen molar-refractivity contribution in [2.75, 3.05) is 7.11 Å². The van der Waals surface area contributed by atoms with Gasteiger partial charge >= 0.3 is 5.97 Å². The number of carbonyl (C=O) groups excluding carboxylic acids is 1. The zero-order chi connectivity index (χ0) is 15.5. The Morgan fingerprint density at radius 1 is 1.29 bits per heavy atom. The van der Waals surface area contributed by atoms with Gasteiger partial charge in [0.1, 0.15) is 5.54 Å². The number of carboxylic acid groups (broad SMARTS) is 1. The van der Waals surface area contributed by atoms with Crippen LogP contribution in [0, 0.1) is 5.82 Å². The molecule has 0 atom stereocenters. The predicted molar refractivity (Wildman–Crippen MR) is 73.9 cm³/mol. The van der Waals surface area contributed by atoms with Gasteiger partial charge in [0.05, 0.1) is 7.11 Å². The second kappa shape index (κ2) is 6.11. The molecule has 0 spiro atoms. The molecule has 0 saturated heterocycles. The van der Waals surface area contributed by atoms with E-state index in [0.29, 0.717) is 12.8 Å². The SMILES string of the molecule is COc1ccc(C(=O)NC2(C(=O)O)CCCCC2)cc1F. The maximum atomic E-state index is 13.6. The first kappa shape index (κ1) is 15.3. The summed E-state index contributed by atoms with van der Waals surface area (Å²) in [5, 5.41) is 12.0. The minimum Gasteiger partial charge on any atom is -0.494 e. The van der Waals surface area contributed by atoms with E-state index in [1.165, 1.54) is 19.2 Å². The molecule has 1 fully saturated rings. The van der Waals surface area contributed by atoms with Gasteiger partial charge in [-0.1, -0.05) is 19.3 Å². The highest BCUT2D eigenvalue weighted by Crippen LogP contribution is 2.29. The summed E-state index contributed by atoms with van der Waals surface area (Å²) in [5.41, 5.74) is -1.16. The van der Waals surface area contributed by atoms with Gasteiger partial charge < -0.3 is 15.2 Å². The minimum absolute atomic E-state index is 0.0390. The van der Waals surface area contributed by atoms with E-state index in [1.54, 1.807) is 0 Å². The molecular formula is C15H18FNO4. The standard InChI is InChI=1S/C15H18FNO4/c1-21-12-6-5-10(9-11(12)16)13(18)17-15(14(19)20)7-3-2-4-8-15/h5-6,9H,2-4,7-8H2,1H3,(H,17,18)(H,19,20). The van der Waals surface area contributed by atoms with Crippen LogP contribution in [0.3, 0.4) is 0 Å². The summed E-state index contributed by atoms with van der Waals surface area (Å²) in [6, 6.07) is 3.81. The van der Waals surface area contributed by atoms with Crippen LogP contribution in [0.2, 0.25) is 0 Å². The van der Waals surface area contributed by atoms with Gasteiger partial charge in [0.15, 0.2) is 11.6 Å². The van der Waals surface area contributed by atoms with Gasteiger partial charge in [-0.05, 0) is 31.0 Å². The molecule has 1 aromatic rings. The van der Waals surface area contributed by atoms with Crippen molar-refractivity contribution in [3.8, 4) is 5.75 Å². The third-order valence-corrected chi connectivity index (χ3v) is 3.88. The third-order valence-electron chi connectivity index (χ3n) is 3.88. The molecule has 1 saturated carbocycles. The Kier molecular flexibility index (Phi) is 4.45. The fraction of sp³-hybridized carbons (Fsp3) is 0.467. The molecule has 0 aliphatic heterocycles. The van der Waals surface area contributed by atoms with Crippen LogP contribution in [0.15, 0.2) is 18.2 Å². The van der Waals surface area contributed by atoms with Crippen molar-refractivity contribution in [1.82, 2.24) is 5.32 Å². The first-order valence-corrected chi connectivity index (χ1v) is 6.88. The topological polar surface area (TPSA) is 75.6 Å². The van der Waals surface area contributed by atoms with Crippen molar-refractivity contribution in [2.45, 2.75) is 37.6 Å². The van der Waals surface area contributed by atoms with E-state index in [2.05, 4.69) is 5.32 Å². The molecule has 0 unspecified atom stereocenters. The van der Waals surface area contributed by atoms with Crippen molar-refractivity contribution in [1.29, 1.82) is 0 Å². The second-order valence-electron chi connectivity index (χ2n) is 5.25. The Hall–Kier alpha value is -2.11. The Morgan fingerprint density at radius 2 is 1.95 bits per heavy atom. The summed E-state index contributed by atoms with van der Waals surface area (Å²) < 4.78 is 18.4. The van der Waals surface area contributed by atoms with Crippen LogP contribution in [0.25, 0.3) is 0 Å². The first-order valence-electron chi connectivity index (χ1n) is 6.88. The van der Waals surface area contributed by atoms with Crippen LogP contribution >= 0.6 is 0 Å². The molecule has 2 N–H and O–H groups in total. The smallest absolute Gasteiger partial charge is 0.329 e. The van der Waals surface area contributed by atoms with Gasteiger partial charge in [-0.15, -0.1) is 0 Å². The zero-order valence-electron chi connectivity index (χ0n) is 11.8. The second-order valence-corrected chi connectivity index (χ2v) is 5.25. The fourth-order valence-electron chi connectivity index (χ4n) is 2.64. The summed E-state index contributed by atoms with van der Waals surface area (Å²) in [4.78, 5) is 23.7. The van der Waals surface area contributed by atoms with Crippen molar-refractivity contribution < 1.29 is 23.8 Å². The molecule has 1 aliphatic carbocycles. The average Bonchev–Trinajstić information content (AvgIpc) is 2.47. The van der Waals surface area contributed by atoms with Crippen LogP contribution in [-0.4, -0.2) is 29.6 Å². The van der Waals surface area contributed by atoms with Crippen molar-refractivity contribution in [3.63, 3.8) is 0 Å². The van der Waals surface area contributed by atoms with E-state index in [4.69, 9.17) is 4.74 Å². The first-order chi connectivity index (χ1) is 9.98. The number of methoxy groups -OCH3 is 1. The summed E-state index contributed by atoms with van der Waals surface area (Å²) in [5.74, 6) is -2.24. The van der Waals surface area contributed by atoms with Crippen LogP contribution in [-0.2, 0) is 4.79 Å². The Balaban J connectivity index is 2.19. The monoisotopic (exact) mass is 295 g/mol. The van der Waals surface area contributed by atoms with Gasteiger partial charge in [-0.2, -0.15) is 0 Å². The molecule has 0 radical (unpaired) electrons. The molecule has 1 aliphatic rings. The quantitative estimate of drug-likeness (QED) is 0.894. The van der Waals surface area contributed by atoms with Crippen LogP contribution < -0.4 is 10.1 Å². The number of nitrogens with one attached hydrogen (secondary N) is 1. The van der Waals surface area contributed by atoms with Gasteiger partial charge in [0.25, 0.3) is 5.91 Å². The number of rotatable bonds is 4. The lowest BCUT2D eigenvalue weighted by Crippen LogP contribution is -2.55. The minimum atomic E-state index is -1.24. The molecule has 0 heterocycles. The molecule has 1 aromatic carbocycles.